The number of furan rings is 1. The van der Waals surface area contributed by atoms with Crippen molar-refractivity contribution in [2.75, 3.05) is 18.4 Å². The second kappa shape index (κ2) is 8.45. The molecule has 0 aliphatic carbocycles. The first-order valence-electron chi connectivity index (χ1n) is 9.97. The normalized spacial score (nSPS) is 17.7. The number of hydrogen-bond donors (Lipinski definition) is 2. The van der Waals surface area contributed by atoms with Gasteiger partial charge in [-0.15, -0.1) is 0 Å². The van der Waals surface area contributed by atoms with Crippen LogP contribution in [0.1, 0.15) is 25.3 Å². The first kappa shape index (κ1) is 20.4. The summed E-state index contributed by atoms with van der Waals surface area (Å²) in [6, 6.07) is 12.4. The molecule has 30 heavy (non-hydrogen) atoms. The summed E-state index contributed by atoms with van der Waals surface area (Å²) in [5.41, 5.74) is 2.50. The van der Waals surface area contributed by atoms with Gasteiger partial charge in [0.15, 0.2) is 5.76 Å². The molecule has 158 valence electrons. The van der Waals surface area contributed by atoms with Crippen LogP contribution in [0.3, 0.4) is 0 Å². The van der Waals surface area contributed by atoms with Crippen LogP contribution in [0.5, 0.6) is 0 Å². The van der Waals surface area contributed by atoms with Crippen molar-refractivity contribution in [3.8, 4) is 11.5 Å². The van der Waals surface area contributed by atoms with E-state index in [1.807, 2.05) is 24.3 Å². The number of anilines is 1. The van der Waals surface area contributed by atoms with Gasteiger partial charge in [0.1, 0.15) is 5.69 Å². The zero-order chi connectivity index (χ0) is 21.1. The Bertz CT molecular complexity index is 1100. The van der Waals surface area contributed by atoms with Crippen molar-refractivity contribution >= 4 is 21.6 Å². The quantitative estimate of drug-likeness (QED) is 0.626. The molecule has 9 heteroatoms. The van der Waals surface area contributed by atoms with Gasteiger partial charge in [-0.25, -0.2) is 8.42 Å². The van der Waals surface area contributed by atoms with Crippen molar-refractivity contribution < 1.29 is 17.6 Å². The maximum absolute atomic E-state index is 13.0. The number of H-pyrrole nitrogens is 1. The van der Waals surface area contributed by atoms with E-state index in [-0.39, 0.29) is 17.5 Å². The molecule has 2 aromatic heterocycles. The Kier molecular flexibility index (Phi) is 5.74. The summed E-state index contributed by atoms with van der Waals surface area (Å²) in [4.78, 5) is 12.7. The summed E-state index contributed by atoms with van der Waals surface area (Å²) in [5, 5.41) is 9.36. The fourth-order valence-electron chi connectivity index (χ4n) is 3.57. The molecule has 0 spiro atoms. The standard InChI is InChI=1S/C21H24N4O4S/c1-2-15-5-7-17(8-6-15)23-21(26)16-4-3-13-25(14-16)30(27,28)20-10-9-19(29-20)18-11-12-22-24-18/h5-12,16H,2-4,13-14H2,1H3,(H,22,24)(H,23,26)/t16-/m1/s1. The van der Waals surface area contributed by atoms with Crippen molar-refractivity contribution in [2.24, 2.45) is 5.92 Å². The number of aryl methyl sites for hydroxylation is 1. The second-order valence-corrected chi connectivity index (χ2v) is 9.20. The van der Waals surface area contributed by atoms with Gasteiger partial charge in [0, 0.05) is 25.0 Å². The molecule has 0 saturated carbocycles. The van der Waals surface area contributed by atoms with Gasteiger partial charge in [-0.05, 0) is 55.2 Å². The van der Waals surface area contributed by atoms with Gasteiger partial charge in [0.05, 0.1) is 5.92 Å². The van der Waals surface area contributed by atoms with Crippen LogP contribution in [0.2, 0.25) is 0 Å². The molecule has 1 saturated heterocycles. The lowest BCUT2D eigenvalue weighted by Crippen LogP contribution is -2.43. The topological polar surface area (TPSA) is 108 Å². The minimum atomic E-state index is -3.83. The van der Waals surface area contributed by atoms with Gasteiger partial charge in [-0.1, -0.05) is 19.1 Å². The number of nitrogens with zero attached hydrogens (tertiary/aromatic N) is 2. The minimum Gasteiger partial charge on any atom is -0.442 e. The molecule has 0 bridgehead atoms. The van der Waals surface area contributed by atoms with Crippen LogP contribution in [-0.4, -0.2) is 41.9 Å². The molecule has 3 aromatic rings. The first-order valence-corrected chi connectivity index (χ1v) is 11.4. The molecule has 1 amide bonds. The van der Waals surface area contributed by atoms with E-state index in [1.165, 1.54) is 15.9 Å². The minimum absolute atomic E-state index is 0.126. The Morgan fingerprint density at radius 3 is 2.73 bits per heavy atom. The number of rotatable bonds is 6. The van der Waals surface area contributed by atoms with Gasteiger partial charge in [0.25, 0.3) is 10.0 Å². The highest BCUT2D eigenvalue weighted by molar-refractivity contribution is 7.89. The SMILES string of the molecule is CCc1ccc(NC(=O)[C@@H]2CCCN(S(=O)(=O)c3ccc(-c4ccn[nH]4)o3)C2)cc1. The highest BCUT2D eigenvalue weighted by atomic mass is 32.2. The fourth-order valence-corrected chi connectivity index (χ4v) is 5.00. The maximum Gasteiger partial charge on any atom is 0.276 e. The van der Waals surface area contributed by atoms with Gasteiger partial charge in [-0.3, -0.25) is 9.89 Å². The highest BCUT2D eigenvalue weighted by Crippen LogP contribution is 2.28. The number of carbonyl (C=O) groups excluding carboxylic acids is 1. The van der Waals surface area contributed by atoms with E-state index < -0.39 is 15.9 Å². The number of nitrogens with one attached hydrogen (secondary N) is 2. The van der Waals surface area contributed by atoms with E-state index in [9.17, 15) is 13.2 Å². The molecule has 0 unspecified atom stereocenters. The lowest BCUT2D eigenvalue weighted by Gasteiger charge is -2.30. The zero-order valence-corrected chi connectivity index (χ0v) is 17.5. The summed E-state index contributed by atoms with van der Waals surface area (Å²) < 4.78 is 33.0. The Morgan fingerprint density at radius 2 is 2.03 bits per heavy atom. The Morgan fingerprint density at radius 1 is 1.23 bits per heavy atom. The van der Waals surface area contributed by atoms with Crippen molar-refractivity contribution in [3.63, 3.8) is 0 Å². The average Bonchev–Trinajstić information content (AvgIpc) is 3.46. The maximum atomic E-state index is 13.0. The largest absolute Gasteiger partial charge is 0.442 e. The molecule has 1 aliphatic heterocycles. The van der Waals surface area contributed by atoms with Crippen molar-refractivity contribution in [1.82, 2.24) is 14.5 Å². The Hall–Kier alpha value is -2.91. The summed E-state index contributed by atoms with van der Waals surface area (Å²) in [7, 11) is -3.83. The van der Waals surface area contributed by atoms with Crippen LogP contribution in [0.15, 0.2) is 58.2 Å². The number of piperidine rings is 1. The van der Waals surface area contributed by atoms with Gasteiger partial charge in [0.2, 0.25) is 11.0 Å². The predicted octanol–water partition coefficient (Wildman–Crippen LogP) is 3.27. The van der Waals surface area contributed by atoms with Gasteiger partial charge < -0.3 is 9.73 Å². The number of sulfonamides is 1. The number of carbonyl (C=O) groups is 1. The van der Waals surface area contributed by atoms with Gasteiger partial charge in [-0.2, -0.15) is 9.40 Å². The third-order valence-electron chi connectivity index (χ3n) is 5.33. The number of benzene rings is 1. The molecule has 3 heterocycles. The van der Waals surface area contributed by atoms with Gasteiger partial charge >= 0.3 is 0 Å². The van der Waals surface area contributed by atoms with Crippen molar-refractivity contribution in [1.29, 1.82) is 0 Å². The monoisotopic (exact) mass is 428 g/mol. The molecule has 1 aliphatic rings. The van der Waals surface area contributed by atoms with Crippen LogP contribution >= 0.6 is 0 Å². The molecular weight excluding hydrogens is 404 g/mol. The molecule has 1 fully saturated rings. The van der Waals surface area contributed by atoms with Crippen molar-refractivity contribution in [2.45, 2.75) is 31.3 Å². The third-order valence-corrected chi connectivity index (χ3v) is 7.07. The van der Waals surface area contributed by atoms with E-state index in [1.54, 1.807) is 18.3 Å². The van der Waals surface area contributed by atoms with Crippen LogP contribution in [0.4, 0.5) is 5.69 Å². The van der Waals surface area contributed by atoms with Crippen LogP contribution < -0.4 is 5.32 Å². The van der Waals surface area contributed by atoms with E-state index in [0.717, 1.165) is 6.42 Å². The fraction of sp³-hybridized carbons (Fsp3) is 0.333. The Balaban J connectivity index is 1.45. The highest BCUT2D eigenvalue weighted by Gasteiger charge is 2.35. The summed E-state index contributed by atoms with van der Waals surface area (Å²) in [5.74, 6) is -0.189. The molecular formula is C21H24N4O4S. The molecule has 0 radical (unpaired) electrons. The summed E-state index contributed by atoms with van der Waals surface area (Å²) >= 11 is 0. The second-order valence-electron chi connectivity index (χ2n) is 7.33. The predicted molar refractivity (Wildman–Crippen MR) is 112 cm³/mol. The number of aromatic nitrogens is 2. The van der Waals surface area contributed by atoms with E-state index in [0.29, 0.717) is 36.5 Å². The lowest BCUT2D eigenvalue weighted by molar-refractivity contribution is -0.120. The van der Waals surface area contributed by atoms with Crippen LogP contribution in [-0.2, 0) is 21.2 Å². The van der Waals surface area contributed by atoms with E-state index in [4.69, 9.17) is 4.42 Å². The Labute approximate surface area is 175 Å². The number of hydrogen-bond acceptors (Lipinski definition) is 5. The van der Waals surface area contributed by atoms with Crippen LogP contribution in [0, 0.1) is 5.92 Å². The lowest BCUT2D eigenvalue weighted by atomic mass is 9.98. The first-order chi connectivity index (χ1) is 14.5. The molecule has 1 aromatic carbocycles. The van der Waals surface area contributed by atoms with Crippen LogP contribution in [0.25, 0.3) is 11.5 Å². The summed E-state index contributed by atoms with van der Waals surface area (Å²) in [6.45, 7) is 2.56. The molecule has 1 atom stereocenters. The smallest absolute Gasteiger partial charge is 0.276 e. The zero-order valence-electron chi connectivity index (χ0n) is 16.7. The van der Waals surface area contributed by atoms with E-state index in [2.05, 4.69) is 22.4 Å². The third kappa shape index (κ3) is 4.17. The molecule has 2 N–H and O–H groups in total. The molecule has 8 nitrogen and oxygen atoms in total. The number of amides is 1. The summed E-state index contributed by atoms with van der Waals surface area (Å²) in [6.07, 6.45) is 3.75. The molecule has 4 rings (SSSR count). The van der Waals surface area contributed by atoms with E-state index >= 15 is 0 Å². The van der Waals surface area contributed by atoms with Crippen molar-refractivity contribution in [3.05, 3.63) is 54.2 Å². The number of aromatic amines is 1. The average molecular weight is 429 g/mol.